The Morgan fingerprint density at radius 3 is 2.74 bits per heavy atom. The number of rotatable bonds is 7. The molecule has 0 aliphatic heterocycles. The summed E-state index contributed by atoms with van der Waals surface area (Å²) in [4.78, 5) is 32.0. The zero-order valence-corrected chi connectivity index (χ0v) is 15.9. The molecular weight excluding hydrogens is 364 g/mol. The summed E-state index contributed by atoms with van der Waals surface area (Å²) in [5.74, 6) is 0.677. The van der Waals surface area contributed by atoms with E-state index in [0.717, 1.165) is 12.0 Å². The van der Waals surface area contributed by atoms with Crippen LogP contribution in [-0.2, 0) is 11.2 Å². The number of carbonyl (C=O) groups excluding carboxylic acids is 1. The number of carbonyl (C=O) groups is 1. The summed E-state index contributed by atoms with van der Waals surface area (Å²) in [6.45, 7) is 3.77. The van der Waals surface area contributed by atoms with Crippen LogP contribution < -0.4 is 10.9 Å². The Bertz CT molecular complexity index is 968. The maximum Gasteiger partial charge on any atom is 0.251 e. The molecule has 1 atom stereocenters. The monoisotopic (exact) mass is 384 g/mol. The summed E-state index contributed by atoms with van der Waals surface area (Å²) in [7, 11) is 0. The molecule has 8 heteroatoms. The lowest BCUT2D eigenvalue weighted by atomic mass is 10.1. The number of thioether (sulfide) groups is 1. The van der Waals surface area contributed by atoms with Crippen LogP contribution in [0.2, 0.25) is 0 Å². The van der Waals surface area contributed by atoms with Crippen LogP contribution in [0, 0.1) is 6.92 Å². The van der Waals surface area contributed by atoms with Crippen molar-refractivity contribution in [3.05, 3.63) is 69.8 Å². The Hall–Kier alpha value is -2.87. The number of anilines is 1. The second kappa shape index (κ2) is 8.68. The molecule has 0 aliphatic carbocycles. The standard InChI is InChI=1S/C19H20N4O3S/c1-3-7-14-11-16(24)22-19(20-14)27-17(13-8-5-4-6-9-13)18(25)21-15-10-12(2)26-23-15/h4-6,8-11,17H,3,7H2,1-2H3,(H,20,22,24)(H,21,23,25)/t17-/m0/s1. The summed E-state index contributed by atoms with van der Waals surface area (Å²) in [5.41, 5.74) is 1.28. The van der Waals surface area contributed by atoms with Crippen molar-refractivity contribution in [1.82, 2.24) is 15.1 Å². The first-order chi connectivity index (χ1) is 13.0. The van der Waals surface area contributed by atoms with Gasteiger partial charge in [-0.2, -0.15) is 0 Å². The summed E-state index contributed by atoms with van der Waals surface area (Å²) < 4.78 is 5.00. The topological polar surface area (TPSA) is 101 Å². The number of aromatic nitrogens is 3. The van der Waals surface area contributed by atoms with Crippen molar-refractivity contribution in [3.63, 3.8) is 0 Å². The van der Waals surface area contributed by atoms with Crippen LogP contribution in [0.15, 0.2) is 56.9 Å². The Kier molecular flexibility index (Phi) is 6.08. The Morgan fingerprint density at radius 2 is 2.07 bits per heavy atom. The van der Waals surface area contributed by atoms with Gasteiger partial charge in [0.25, 0.3) is 5.56 Å². The van der Waals surface area contributed by atoms with Crippen molar-refractivity contribution in [2.75, 3.05) is 5.32 Å². The van der Waals surface area contributed by atoms with Gasteiger partial charge in [0.05, 0.1) is 0 Å². The molecule has 0 spiro atoms. The summed E-state index contributed by atoms with van der Waals surface area (Å²) in [6, 6.07) is 12.5. The number of hydrogen-bond donors (Lipinski definition) is 2. The molecule has 2 heterocycles. The van der Waals surface area contributed by atoms with Gasteiger partial charge < -0.3 is 14.8 Å². The molecule has 3 rings (SSSR count). The van der Waals surface area contributed by atoms with Gasteiger partial charge in [-0.1, -0.05) is 60.6 Å². The number of aromatic amines is 1. The van der Waals surface area contributed by atoms with Crippen molar-refractivity contribution < 1.29 is 9.32 Å². The van der Waals surface area contributed by atoms with Crippen LogP contribution in [0.25, 0.3) is 0 Å². The highest BCUT2D eigenvalue weighted by molar-refractivity contribution is 8.00. The Balaban J connectivity index is 1.88. The highest BCUT2D eigenvalue weighted by atomic mass is 32.2. The van der Waals surface area contributed by atoms with Gasteiger partial charge >= 0.3 is 0 Å². The van der Waals surface area contributed by atoms with E-state index < -0.39 is 5.25 Å². The van der Waals surface area contributed by atoms with Gasteiger partial charge in [0, 0.05) is 17.8 Å². The average Bonchev–Trinajstić information content (AvgIpc) is 3.05. The van der Waals surface area contributed by atoms with Crippen LogP contribution in [0.3, 0.4) is 0 Å². The van der Waals surface area contributed by atoms with Crippen molar-refractivity contribution in [2.24, 2.45) is 0 Å². The molecule has 0 unspecified atom stereocenters. The minimum atomic E-state index is -0.608. The number of aryl methyl sites for hydroxylation is 2. The minimum Gasteiger partial charge on any atom is -0.360 e. The van der Waals surface area contributed by atoms with E-state index in [2.05, 4.69) is 20.4 Å². The number of amides is 1. The molecule has 0 bridgehead atoms. The molecule has 0 fully saturated rings. The number of hydrogen-bond acceptors (Lipinski definition) is 6. The molecule has 0 saturated heterocycles. The fourth-order valence-corrected chi connectivity index (χ4v) is 3.56. The Labute approximate surface area is 160 Å². The van der Waals surface area contributed by atoms with E-state index in [-0.39, 0.29) is 11.5 Å². The van der Waals surface area contributed by atoms with Gasteiger partial charge in [-0.05, 0) is 18.9 Å². The smallest absolute Gasteiger partial charge is 0.251 e. The van der Waals surface area contributed by atoms with Crippen LogP contribution in [-0.4, -0.2) is 21.0 Å². The van der Waals surface area contributed by atoms with E-state index in [4.69, 9.17) is 4.52 Å². The van der Waals surface area contributed by atoms with Crippen molar-refractivity contribution in [2.45, 2.75) is 37.1 Å². The van der Waals surface area contributed by atoms with Crippen LogP contribution >= 0.6 is 11.8 Å². The largest absolute Gasteiger partial charge is 0.360 e. The fraction of sp³-hybridized carbons (Fsp3) is 0.263. The van der Waals surface area contributed by atoms with Crippen molar-refractivity contribution >= 4 is 23.5 Å². The first-order valence-corrected chi connectivity index (χ1v) is 9.49. The number of nitrogens with one attached hydrogen (secondary N) is 2. The molecule has 2 N–H and O–H groups in total. The third kappa shape index (κ3) is 5.07. The zero-order valence-electron chi connectivity index (χ0n) is 15.1. The molecule has 0 aliphatic rings. The highest BCUT2D eigenvalue weighted by Gasteiger charge is 2.24. The molecule has 7 nitrogen and oxygen atoms in total. The maximum absolute atomic E-state index is 12.9. The van der Waals surface area contributed by atoms with Crippen molar-refractivity contribution in [3.8, 4) is 0 Å². The fourth-order valence-electron chi connectivity index (χ4n) is 2.55. The van der Waals surface area contributed by atoms with Gasteiger partial charge in [0.2, 0.25) is 5.91 Å². The third-order valence-electron chi connectivity index (χ3n) is 3.73. The van der Waals surface area contributed by atoms with E-state index in [1.54, 1.807) is 13.0 Å². The van der Waals surface area contributed by atoms with E-state index in [9.17, 15) is 9.59 Å². The van der Waals surface area contributed by atoms with E-state index in [1.807, 2.05) is 37.3 Å². The molecular formula is C19H20N4O3S. The first kappa shape index (κ1) is 18.9. The second-order valence-electron chi connectivity index (χ2n) is 6.01. The summed E-state index contributed by atoms with van der Waals surface area (Å²) >= 11 is 1.19. The van der Waals surface area contributed by atoms with Gasteiger partial charge in [0.1, 0.15) is 11.0 Å². The van der Waals surface area contributed by atoms with E-state index >= 15 is 0 Å². The quantitative estimate of drug-likeness (QED) is 0.478. The summed E-state index contributed by atoms with van der Waals surface area (Å²) in [5, 5.41) is 6.35. The van der Waals surface area contributed by atoms with Crippen molar-refractivity contribution in [1.29, 1.82) is 0 Å². The van der Waals surface area contributed by atoms with Crippen LogP contribution in [0.4, 0.5) is 5.82 Å². The van der Waals surface area contributed by atoms with E-state index in [0.29, 0.717) is 28.8 Å². The molecule has 0 saturated carbocycles. The molecule has 2 aromatic heterocycles. The van der Waals surface area contributed by atoms with Crippen LogP contribution in [0.5, 0.6) is 0 Å². The van der Waals surface area contributed by atoms with Gasteiger partial charge in [-0.15, -0.1) is 0 Å². The molecule has 0 radical (unpaired) electrons. The Morgan fingerprint density at radius 1 is 1.30 bits per heavy atom. The molecule has 1 amide bonds. The molecule has 140 valence electrons. The number of nitrogens with zero attached hydrogens (tertiary/aromatic N) is 2. The zero-order chi connectivity index (χ0) is 19.2. The lowest BCUT2D eigenvalue weighted by Gasteiger charge is -2.15. The number of benzene rings is 1. The molecule has 1 aromatic carbocycles. The predicted octanol–water partition coefficient (Wildman–Crippen LogP) is 3.49. The maximum atomic E-state index is 12.9. The van der Waals surface area contributed by atoms with Gasteiger partial charge in [-0.25, -0.2) is 4.98 Å². The van der Waals surface area contributed by atoms with Gasteiger partial charge in [-0.3, -0.25) is 9.59 Å². The first-order valence-electron chi connectivity index (χ1n) is 8.61. The second-order valence-corrected chi connectivity index (χ2v) is 7.11. The average molecular weight is 384 g/mol. The number of H-pyrrole nitrogens is 1. The van der Waals surface area contributed by atoms with Crippen LogP contribution in [0.1, 0.15) is 35.6 Å². The lowest BCUT2D eigenvalue weighted by molar-refractivity contribution is -0.115. The molecule has 3 aromatic rings. The van der Waals surface area contributed by atoms with E-state index in [1.165, 1.54) is 17.8 Å². The minimum absolute atomic E-state index is 0.227. The SMILES string of the molecule is CCCc1cc(=O)[nH]c(S[C@H](C(=O)Nc2cc(C)on2)c2ccccc2)n1. The predicted molar refractivity (Wildman–Crippen MR) is 104 cm³/mol. The van der Waals surface area contributed by atoms with Gasteiger partial charge in [0.15, 0.2) is 11.0 Å². The normalized spacial score (nSPS) is 11.9. The lowest BCUT2D eigenvalue weighted by Crippen LogP contribution is -2.20. The highest BCUT2D eigenvalue weighted by Crippen LogP contribution is 2.34. The third-order valence-corrected chi connectivity index (χ3v) is 4.87. The molecule has 27 heavy (non-hydrogen) atoms. The summed E-state index contributed by atoms with van der Waals surface area (Å²) in [6.07, 6.45) is 1.59.